The maximum absolute atomic E-state index is 14.5. The summed E-state index contributed by atoms with van der Waals surface area (Å²) in [5.74, 6) is -0.585. The van der Waals surface area contributed by atoms with Crippen LogP contribution in [0.4, 0.5) is 9.18 Å². The molecule has 0 aliphatic rings. The van der Waals surface area contributed by atoms with Gasteiger partial charge in [0.15, 0.2) is 11.6 Å². The Morgan fingerprint density at radius 2 is 2.09 bits per heavy atom. The zero-order valence-electron chi connectivity index (χ0n) is 13.7. The molecule has 1 aromatic carbocycles. The average molecular weight is 323 g/mol. The van der Waals surface area contributed by atoms with Gasteiger partial charge in [-0.3, -0.25) is 0 Å². The maximum atomic E-state index is 14.5. The molecule has 0 unspecified atom stereocenters. The lowest BCUT2D eigenvalue weighted by atomic mass is 9.99. The second kappa shape index (κ2) is 7.62. The summed E-state index contributed by atoms with van der Waals surface area (Å²) in [6.45, 7) is 5.07. The molecule has 0 saturated carbocycles. The van der Waals surface area contributed by atoms with E-state index in [0.717, 1.165) is 6.21 Å². The van der Waals surface area contributed by atoms with Crippen LogP contribution in [0.2, 0.25) is 0 Å². The number of allylic oxidation sites excluding steroid dienone is 1. The van der Waals surface area contributed by atoms with Crippen LogP contribution in [0, 0.1) is 11.2 Å². The van der Waals surface area contributed by atoms with E-state index in [1.165, 1.54) is 19.4 Å². The van der Waals surface area contributed by atoms with Crippen molar-refractivity contribution in [3.63, 3.8) is 0 Å². The smallest absolute Gasteiger partial charge is 0.407 e. The minimum absolute atomic E-state index is 0.0380. The summed E-state index contributed by atoms with van der Waals surface area (Å²) in [6.07, 6.45) is 1.54. The molecule has 0 aromatic heterocycles. The number of carbonyl (C=O) groups is 1. The molecule has 126 valence electrons. The van der Waals surface area contributed by atoms with Gasteiger partial charge in [0.2, 0.25) is 0 Å². The molecule has 7 heteroatoms. The lowest BCUT2D eigenvalue weighted by Gasteiger charge is -2.20. The summed E-state index contributed by atoms with van der Waals surface area (Å²) in [4.78, 5) is 11.7. The van der Waals surface area contributed by atoms with E-state index in [1.54, 1.807) is 26.8 Å². The van der Waals surface area contributed by atoms with E-state index in [2.05, 4.69) is 5.32 Å². The Balaban J connectivity index is 3.12. The van der Waals surface area contributed by atoms with Crippen molar-refractivity contribution in [2.24, 2.45) is 5.73 Å². The van der Waals surface area contributed by atoms with Crippen LogP contribution in [0.1, 0.15) is 31.9 Å². The Morgan fingerprint density at radius 1 is 1.43 bits per heavy atom. The minimum atomic E-state index is -0.668. The van der Waals surface area contributed by atoms with Gasteiger partial charge in [0.1, 0.15) is 5.60 Å². The number of nitrogens with two attached hydrogens (primary N) is 1. The quantitative estimate of drug-likeness (QED) is 0.726. The van der Waals surface area contributed by atoms with Crippen LogP contribution in [0.15, 0.2) is 18.3 Å². The van der Waals surface area contributed by atoms with E-state index in [4.69, 9.17) is 20.6 Å². The van der Waals surface area contributed by atoms with Gasteiger partial charge >= 0.3 is 6.09 Å². The topological polar surface area (TPSA) is 97.4 Å². The van der Waals surface area contributed by atoms with E-state index in [1.807, 2.05) is 0 Å². The first-order valence-electron chi connectivity index (χ1n) is 6.98. The summed E-state index contributed by atoms with van der Waals surface area (Å²) >= 11 is 0. The summed E-state index contributed by atoms with van der Waals surface area (Å²) in [5.41, 5.74) is 5.70. The number of carbonyl (C=O) groups excluding carboxylic acids is 1. The molecule has 0 atom stereocenters. The number of nitrogens with one attached hydrogen (secondary N) is 2. The monoisotopic (exact) mass is 323 g/mol. The molecule has 0 spiro atoms. The first-order valence-corrected chi connectivity index (χ1v) is 6.98. The molecule has 1 amide bonds. The van der Waals surface area contributed by atoms with Gasteiger partial charge in [0.25, 0.3) is 0 Å². The Labute approximate surface area is 135 Å². The van der Waals surface area contributed by atoms with Crippen LogP contribution in [-0.2, 0) is 11.3 Å². The Morgan fingerprint density at radius 3 is 2.57 bits per heavy atom. The molecule has 1 aromatic rings. The zero-order valence-corrected chi connectivity index (χ0v) is 13.7. The number of rotatable bonds is 5. The van der Waals surface area contributed by atoms with Gasteiger partial charge < -0.3 is 25.9 Å². The van der Waals surface area contributed by atoms with Crippen molar-refractivity contribution in [2.45, 2.75) is 32.9 Å². The van der Waals surface area contributed by atoms with E-state index in [-0.39, 0.29) is 17.9 Å². The molecule has 23 heavy (non-hydrogen) atoms. The number of methoxy groups -OCH3 is 1. The predicted octanol–water partition coefficient (Wildman–Crippen LogP) is 2.81. The second-order valence-corrected chi connectivity index (χ2v) is 5.73. The molecule has 0 aliphatic carbocycles. The number of halogens is 1. The highest BCUT2D eigenvalue weighted by Crippen LogP contribution is 2.27. The average Bonchev–Trinajstić information content (AvgIpc) is 2.46. The molecule has 0 bridgehead atoms. The van der Waals surface area contributed by atoms with E-state index >= 15 is 0 Å². The molecule has 0 saturated heterocycles. The summed E-state index contributed by atoms with van der Waals surface area (Å²) in [7, 11) is 1.35. The van der Waals surface area contributed by atoms with E-state index < -0.39 is 17.5 Å². The maximum Gasteiger partial charge on any atom is 0.407 e. The normalized spacial score (nSPS) is 11.8. The van der Waals surface area contributed by atoms with Crippen LogP contribution in [0.25, 0.3) is 5.57 Å². The summed E-state index contributed by atoms with van der Waals surface area (Å²) in [6, 6.07) is 3.02. The van der Waals surface area contributed by atoms with Gasteiger partial charge in [0, 0.05) is 30.1 Å². The van der Waals surface area contributed by atoms with Gasteiger partial charge in [-0.1, -0.05) is 6.07 Å². The largest absolute Gasteiger partial charge is 0.494 e. The Hall–Kier alpha value is -2.57. The van der Waals surface area contributed by atoms with Crippen molar-refractivity contribution in [1.29, 1.82) is 5.41 Å². The van der Waals surface area contributed by atoms with Gasteiger partial charge in [0.05, 0.1) is 7.11 Å². The Bertz CT molecular complexity index is 622. The third-order valence-electron chi connectivity index (χ3n) is 2.88. The highest BCUT2D eigenvalue weighted by molar-refractivity contribution is 6.08. The van der Waals surface area contributed by atoms with Gasteiger partial charge in [-0.25, -0.2) is 9.18 Å². The van der Waals surface area contributed by atoms with Crippen LogP contribution >= 0.6 is 0 Å². The second-order valence-electron chi connectivity index (χ2n) is 5.73. The number of hydrogen-bond donors (Lipinski definition) is 3. The standard InChI is InChI=1S/C16H22FN3O3/c1-16(2,3)23-15(21)20-9-12-11(10(7-18)8-19)5-6-13(22-4)14(12)17/h5-8,18H,9,19H2,1-4H3,(H,20,21)/b10-8+,18-7?. The third-order valence-corrected chi connectivity index (χ3v) is 2.88. The fourth-order valence-electron chi connectivity index (χ4n) is 1.89. The summed E-state index contributed by atoms with van der Waals surface area (Å²) < 4.78 is 24.6. The summed E-state index contributed by atoms with van der Waals surface area (Å²) in [5, 5.41) is 9.85. The lowest BCUT2D eigenvalue weighted by Crippen LogP contribution is -2.32. The molecule has 0 radical (unpaired) electrons. The minimum Gasteiger partial charge on any atom is -0.494 e. The third kappa shape index (κ3) is 4.98. The predicted molar refractivity (Wildman–Crippen MR) is 87.0 cm³/mol. The van der Waals surface area contributed by atoms with Crippen molar-refractivity contribution in [3.8, 4) is 5.75 Å². The van der Waals surface area contributed by atoms with Gasteiger partial charge in [-0.15, -0.1) is 0 Å². The molecule has 1 rings (SSSR count). The van der Waals surface area contributed by atoms with E-state index in [9.17, 15) is 9.18 Å². The molecule has 0 heterocycles. The van der Waals surface area contributed by atoms with Crippen LogP contribution in [0.3, 0.4) is 0 Å². The van der Waals surface area contributed by atoms with Crippen molar-refractivity contribution in [1.82, 2.24) is 5.32 Å². The van der Waals surface area contributed by atoms with Gasteiger partial charge in [-0.2, -0.15) is 0 Å². The fourth-order valence-corrected chi connectivity index (χ4v) is 1.89. The highest BCUT2D eigenvalue weighted by Gasteiger charge is 2.19. The van der Waals surface area contributed by atoms with Gasteiger partial charge in [-0.05, 0) is 32.4 Å². The number of benzene rings is 1. The van der Waals surface area contributed by atoms with Crippen molar-refractivity contribution in [3.05, 3.63) is 35.3 Å². The van der Waals surface area contributed by atoms with Crippen molar-refractivity contribution < 1.29 is 18.7 Å². The highest BCUT2D eigenvalue weighted by atomic mass is 19.1. The first-order chi connectivity index (χ1) is 10.7. The van der Waals surface area contributed by atoms with Crippen LogP contribution < -0.4 is 15.8 Å². The van der Waals surface area contributed by atoms with Crippen LogP contribution in [0.5, 0.6) is 5.75 Å². The fraction of sp³-hybridized carbons (Fsp3) is 0.375. The molecular formula is C16H22FN3O3. The number of alkyl carbamates (subject to hydrolysis) is 1. The molecule has 0 fully saturated rings. The zero-order chi connectivity index (χ0) is 17.6. The molecule has 6 nitrogen and oxygen atoms in total. The van der Waals surface area contributed by atoms with Crippen LogP contribution in [-0.4, -0.2) is 25.0 Å². The number of ether oxygens (including phenoxy) is 2. The molecule has 4 N–H and O–H groups in total. The van der Waals surface area contributed by atoms with Crippen molar-refractivity contribution >= 4 is 17.9 Å². The van der Waals surface area contributed by atoms with E-state index in [0.29, 0.717) is 11.1 Å². The SMILES string of the molecule is COc1ccc(/C(C=N)=C/N)c(CNC(=O)OC(C)(C)C)c1F. The molecular weight excluding hydrogens is 301 g/mol. The number of hydrogen-bond acceptors (Lipinski definition) is 5. The Kier molecular flexibility index (Phi) is 6.12. The lowest BCUT2D eigenvalue weighted by molar-refractivity contribution is 0.0523. The molecule has 0 aliphatic heterocycles. The van der Waals surface area contributed by atoms with Crippen molar-refractivity contribution in [2.75, 3.05) is 7.11 Å². The number of amides is 1. The first kappa shape index (κ1) is 18.5.